The molecule has 1 heterocycles. The number of esters is 1. The molecule has 0 unspecified atom stereocenters. The fourth-order valence-corrected chi connectivity index (χ4v) is 2.54. The largest absolute Gasteiger partial charge is 0.465 e. The first-order valence-corrected chi connectivity index (χ1v) is 7.87. The van der Waals surface area contributed by atoms with Crippen molar-refractivity contribution in [3.05, 3.63) is 53.1 Å². The van der Waals surface area contributed by atoms with E-state index in [1.54, 1.807) is 35.0 Å². The summed E-state index contributed by atoms with van der Waals surface area (Å²) in [5, 5.41) is 10.9. The average molecular weight is 338 g/mol. The fraction of sp³-hybridized carbons (Fsp3) is 0.222. The van der Waals surface area contributed by atoms with Gasteiger partial charge in [0.2, 0.25) is 0 Å². The number of methoxy groups -OCH3 is 1. The Hall–Kier alpha value is -3.22. The molecule has 0 atom stereocenters. The van der Waals surface area contributed by atoms with Gasteiger partial charge < -0.3 is 10.1 Å². The summed E-state index contributed by atoms with van der Waals surface area (Å²) in [6.45, 7) is 4.54. The molecule has 7 heteroatoms. The lowest BCUT2D eigenvalue weighted by molar-refractivity contribution is 0.0600. The number of nitrogens with zero attached hydrogens (tertiary/aromatic N) is 3. The van der Waals surface area contributed by atoms with Gasteiger partial charge >= 0.3 is 5.97 Å². The Morgan fingerprint density at radius 1 is 1.16 bits per heavy atom. The number of ether oxygens (including phenoxy) is 1. The second-order valence-electron chi connectivity index (χ2n) is 5.58. The Labute approximate surface area is 144 Å². The molecule has 128 valence electrons. The Morgan fingerprint density at radius 3 is 2.64 bits per heavy atom. The zero-order valence-corrected chi connectivity index (χ0v) is 14.2. The molecule has 0 bridgehead atoms. The van der Waals surface area contributed by atoms with E-state index in [1.807, 2.05) is 19.9 Å². The summed E-state index contributed by atoms with van der Waals surface area (Å²) in [5.74, 6) is -0.730. The van der Waals surface area contributed by atoms with Gasteiger partial charge in [-0.1, -0.05) is 11.3 Å². The molecular weight excluding hydrogens is 320 g/mol. The number of hydrogen-bond donors (Lipinski definition) is 1. The van der Waals surface area contributed by atoms with Crippen LogP contribution < -0.4 is 5.32 Å². The zero-order valence-electron chi connectivity index (χ0n) is 14.2. The topological polar surface area (TPSA) is 86.1 Å². The van der Waals surface area contributed by atoms with Crippen LogP contribution in [0.2, 0.25) is 0 Å². The van der Waals surface area contributed by atoms with E-state index in [2.05, 4.69) is 15.6 Å². The van der Waals surface area contributed by atoms with E-state index in [0.717, 1.165) is 11.1 Å². The van der Waals surface area contributed by atoms with Crippen LogP contribution in [0.15, 0.2) is 36.4 Å². The van der Waals surface area contributed by atoms with Crippen molar-refractivity contribution >= 4 is 28.6 Å². The maximum atomic E-state index is 12.6. The lowest BCUT2D eigenvalue weighted by Crippen LogP contribution is -2.13. The number of benzene rings is 2. The second-order valence-corrected chi connectivity index (χ2v) is 5.58. The minimum Gasteiger partial charge on any atom is -0.465 e. The van der Waals surface area contributed by atoms with Crippen molar-refractivity contribution in [1.29, 1.82) is 0 Å². The van der Waals surface area contributed by atoms with Crippen LogP contribution in [-0.2, 0) is 11.3 Å². The number of aryl methyl sites for hydroxylation is 2. The quantitative estimate of drug-likeness (QED) is 0.739. The molecule has 1 amide bonds. The number of hydrogen-bond acceptors (Lipinski definition) is 5. The first-order chi connectivity index (χ1) is 12.0. The molecule has 2 aromatic carbocycles. The van der Waals surface area contributed by atoms with Gasteiger partial charge in [0, 0.05) is 17.8 Å². The van der Waals surface area contributed by atoms with Crippen LogP contribution in [-0.4, -0.2) is 34.0 Å². The molecular formula is C18H18N4O3. The zero-order chi connectivity index (χ0) is 18.0. The minimum atomic E-state index is -0.451. The van der Waals surface area contributed by atoms with Gasteiger partial charge in [0.05, 0.1) is 18.2 Å². The molecule has 25 heavy (non-hydrogen) atoms. The molecule has 1 N–H and O–H groups in total. The van der Waals surface area contributed by atoms with Crippen molar-refractivity contribution in [3.63, 3.8) is 0 Å². The number of aromatic nitrogens is 3. The van der Waals surface area contributed by atoms with Crippen molar-refractivity contribution in [2.75, 3.05) is 12.4 Å². The van der Waals surface area contributed by atoms with E-state index < -0.39 is 5.97 Å². The first kappa shape index (κ1) is 16.6. The first-order valence-electron chi connectivity index (χ1n) is 7.87. The summed E-state index contributed by atoms with van der Waals surface area (Å²) in [7, 11) is 1.32. The van der Waals surface area contributed by atoms with Crippen LogP contribution in [0.5, 0.6) is 0 Å². The van der Waals surface area contributed by atoms with E-state index in [4.69, 9.17) is 4.74 Å². The van der Waals surface area contributed by atoms with Crippen molar-refractivity contribution < 1.29 is 14.3 Å². The van der Waals surface area contributed by atoms with E-state index in [-0.39, 0.29) is 5.91 Å². The van der Waals surface area contributed by atoms with Crippen LogP contribution >= 0.6 is 0 Å². The van der Waals surface area contributed by atoms with Crippen molar-refractivity contribution in [3.8, 4) is 0 Å². The van der Waals surface area contributed by atoms with Crippen molar-refractivity contribution in [2.24, 2.45) is 0 Å². The Kier molecular flexibility index (Phi) is 4.47. The summed E-state index contributed by atoms with van der Waals surface area (Å²) < 4.78 is 6.48. The second kappa shape index (κ2) is 6.72. The SMILES string of the molecule is CCn1nnc2cc(C(=O)Nc3cc(C(=O)OC)ccc3C)ccc21. The Balaban J connectivity index is 1.88. The Morgan fingerprint density at radius 2 is 1.92 bits per heavy atom. The van der Waals surface area contributed by atoms with Crippen LogP contribution in [0.4, 0.5) is 5.69 Å². The van der Waals surface area contributed by atoms with Gasteiger partial charge in [0.25, 0.3) is 5.91 Å². The number of amides is 1. The molecule has 3 aromatic rings. The minimum absolute atomic E-state index is 0.280. The van der Waals surface area contributed by atoms with Gasteiger partial charge in [0.1, 0.15) is 5.52 Å². The van der Waals surface area contributed by atoms with Gasteiger partial charge in [-0.3, -0.25) is 4.79 Å². The molecule has 0 fully saturated rings. The number of anilines is 1. The van der Waals surface area contributed by atoms with Gasteiger partial charge in [0.15, 0.2) is 0 Å². The maximum absolute atomic E-state index is 12.6. The normalized spacial score (nSPS) is 10.7. The number of fused-ring (bicyclic) bond motifs is 1. The monoisotopic (exact) mass is 338 g/mol. The van der Waals surface area contributed by atoms with Gasteiger partial charge in [-0.05, 0) is 49.7 Å². The molecule has 0 saturated carbocycles. The lowest BCUT2D eigenvalue weighted by atomic mass is 10.1. The fourth-order valence-electron chi connectivity index (χ4n) is 2.54. The number of carbonyl (C=O) groups excluding carboxylic acids is 2. The van der Waals surface area contributed by atoms with Crippen LogP contribution in [0, 0.1) is 6.92 Å². The van der Waals surface area contributed by atoms with Crippen LogP contribution in [0.1, 0.15) is 33.2 Å². The van der Waals surface area contributed by atoms with Crippen LogP contribution in [0.25, 0.3) is 11.0 Å². The van der Waals surface area contributed by atoms with E-state index >= 15 is 0 Å². The molecule has 0 radical (unpaired) electrons. The summed E-state index contributed by atoms with van der Waals surface area (Å²) in [6.07, 6.45) is 0. The highest BCUT2D eigenvalue weighted by Gasteiger charge is 2.13. The van der Waals surface area contributed by atoms with Crippen LogP contribution in [0.3, 0.4) is 0 Å². The third-order valence-corrected chi connectivity index (χ3v) is 3.98. The Bertz CT molecular complexity index is 962. The standard InChI is InChI=1S/C18H18N4O3/c1-4-22-16-8-7-12(9-15(16)20-21-22)17(23)19-14-10-13(18(24)25-3)6-5-11(14)2/h5-10H,4H2,1-3H3,(H,19,23). The molecule has 0 aliphatic rings. The van der Waals surface area contributed by atoms with E-state index in [1.165, 1.54) is 7.11 Å². The molecule has 1 aromatic heterocycles. The summed E-state index contributed by atoms with van der Waals surface area (Å²) in [5.41, 5.74) is 3.80. The highest BCUT2D eigenvalue weighted by Crippen LogP contribution is 2.20. The molecule has 0 spiro atoms. The molecule has 7 nitrogen and oxygen atoms in total. The summed E-state index contributed by atoms with van der Waals surface area (Å²) in [4.78, 5) is 24.2. The van der Waals surface area contributed by atoms with E-state index in [0.29, 0.717) is 28.9 Å². The number of carbonyl (C=O) groups is 2. The predicted octanol–water partition coefficient (Wildman–Crippen LogP) is 2.80. The van der Waals surface area contributed by atoms with Gasteiger partial charge in [-0.15, -0.1) is 5.10 Å². The smallest absolute Gasteiger partial charge is 0.337 e. The summed E-state index contributed by atoms with van der Waals surface area (Å²) in [6, 6.07) is 10.3. The average Bonchev–Trinajstić information content (AvgIpc) is 3.05. The lowest BCUT2D eigenvalue weighted by Gasteiger charge is -2.10. The molecule has 3 rings (SSSR count). The maximum Gasteiger partial charge on any atom is 0.337 e. The van der Waals surface area contributed by atoms with Gasteiger partial charge in [-0.25, -0.2) is 9.48 Å². The molecule has 0 aliphatic heterocycles. The number of nitrogens with one attached hydrogen (secondary N) is 1. The number of rotatable bonds is 4. The highest BCUT2D eigenvalue weighted by atomic mass is 16.5. The summed E-state index contributed by atoms with van der Waals surface area (Å²) >= 11 is 0. The predicted molar refractivity (Wildman–Crippen MR) is 93.7 cm³/mol. The van der Waals surface area contributed by atoms with Gasteiger partial charge in [-0.2, -0.15) is 0 Å². The van der Waals surface area contributed by atoms with E-state index in [9.17, 15) is 9.59 Å². The third kappa shape index (κ3) is 3.21. The third-order valence-electron chi connectivity index (χ3n) is 3.98. The van der Waals surface area contributed by atoms with Crippen molar-refractivity contribution in [2.45, 2.75) is 20.4 Å². The molecule has 0 saturated heterocycles. The molecule has 0 aliphatic carbocycles. The van der Waals surface area contributed by atoms with Crippen molar-refractivity contribution in [1.82, 2.24) is 15.0 Å². The highest BCUT2D eigenvalue weighted by molar-refractivity contribution is 6.06.